The Balaban J connectivity index is 2.12. The van der Waals surface area contributed by atoms with Crippen molar-refractivity contribution in [3.05, 3.63) is 29.3 Å². The Kier molecular flexibility index (Phi) is 3.59. The van der Waals surface area contributed by atoms with Crippen molar-refractivity contribution >= 4 is 5.69 Å². The average molecular weight is 227 g/mol. The Hall–Kier alpha value is -2.04. The standard InChI is InChI=1S/C13H13N3O/c14-8-10-1-2-13(7-11(10)9-15)16-12-3-5-17-6-4-12/h1-2,7,12,16H,3-6H2. The minimum absolute atomic E-state index is 0.392. The predicted octanol–water partition coefficient (Wildman–Crippen LogP) is 2.02. The molecule has 4 nitrogen and oxygen atoms in total. The van der Waals surface area contributed by atoms with Gasteiger partial charge in [0.15, 0.2) is 0 Å². The van der Waals surface area contributed by atoms with Gasteiger partial charge in [-0.15, -0.1) is 0 Å². The minimum atomic E-state index is 0.392. The minimum Gasteiger partial charge on any atom is -0.382 e. The summed E-state index contributed by atoms with van der Waals surface area (Å²) in [6.45, 7) is 1.55. The van der Waals surface area contributed by atoms with Crippen LogP contribution in [0.15, 0.2) is 18.2 Å². The summed E-state index contributed by atoms with van der Waals surface area (Å²) in [4.78, 5) is 0. The molecule has 0 unspecified atom stereocenters. The highest BCUT2D eigenvalue weighted by atomic mass is 16.5. The number of rotatable bonds is 2. The first kappa shape index (κ1) is 11.4. The van der Waals surface area contributed by atoms with E-state index in [0.717, 1.165) is 31.7 Å². The highest BCUT2D eigenvalue weighted by Gasteiger charge is 2.13. The third-order valence-corrected chi connectivity index (χ3v) is 2.85. The Morgan fingerprint density at radius 3 is 2.47 bits per heavy atom. The fourth-order valence-corrected chi connectivity index (χ4v) is 1.90. The van der Waals surface area contributed by atoms with E-state index >= 15 is 0 Å². The number of nitriles is 2. The summed E-state index contributed by atoms with van der Waals surface area (Å²) in [5.41, 5.74) is 1.74. The number of benzene rings is 1. The van der Waals surface area contributed by atoms with Gasteiger partial charge in [-0.05, 0) is 31.0 Å². The monoisotopic (exact) mass is 227 g/mol. The summed E-state index contributed by atoms with van der Waals surface area (Å²) in [5, 5.41) is 21.1. The molecule has 1 aromatic carbocycles. The van der Waals surface area contributed by atoms with Gasteiger partial charge in [-0.25, -0.2) is 0 Å². The van der Waals surface area contributed by atoms with E-state index in [1.807, 2.05) is 18.2 Å². The lowest BCUT2D eigenvalue weighted by Gasteiger charge is -2.24. The van der Waals surface area contributed by atoms with Crippen LogP contribution in [-0.2, 0) is 4.74 Å². The van der Waals surface area contributed by atoms with Gasteiger partial charge >= 0.3 is 0 Å². The molecule has 1 aliphatic heterocycles. The van der Waals surface area contributed by atoms with Crippen molar-refractivity contribution in [2.75, 3.05) is 18.5 Å². The first-order chi connectivity index (χ1) is 8.33. The largest absolute Gasteiger partial charge is 0.382 e. The molecule has 0 aliphatic carbocycles. The van der Waals surface area contributed by atoms with Gasteiger partial charge in [0.05, 0.1) is 11.1 Å². The van der Waals surface area contributed by atoms with E-state index in [2.05, 4.69) is 5.32 Å². The van der Waals surface area contributed by atoms with E-state index in [9.17, 15) is 0 Å². The van der Waals surface area contributed by atoms with Gasteiger partial charge in [-0.1, -0.05) is 0 Å². The maximum atomic E-state index is 8.93. The summed E-state index contributed by atoms with van der Waals surface area (Å²) >= 11 is 0. The molecule has 1 heterocycles. The summed E-state index contributed by atoms with van der Waals surface area (Å²) in [7, 11) is 0. The highest BCUT2D eigenvalue weighted by Crippen LogP contribution is 2.18. The molecule has 17 heavy (non-hydrogen) atoms. The summed E-state index contributed by atoms with van der Waals surface area (Å²) in [5.74, 6) is 0. The van der Waals surface area contributed by atoms with Crippen LogP contribution in [-0.4, -0.2) is 19.3 Å². The van der Waals surface area contributed by atoms with Crippen LogP contribution in [0.2, 0.25) is 0 Å². The molecule has 86 valence electrons. The third kappa shape index (κ3) is 2.75. The Morgan fingerprint density at radius 2 is 1.82 bits per heavy atom. The third-order valence-electron chi connectivity index (χ3n) is 2.85. The summed E-state index contributed by atoms with van der Waals surface area (Å²) in [6.07, 6.45) is 1.95. The van der Waals surface area contributed by atoms with Crippen molar-refractivity contribution in [3.63, 3.8) is 0 Å². The molecule has 1 N–H and O–H groups in total. The Labute approximate surface area is 100 Å². The van der Waals surface area contributed by atoms with Crippen LogP contribution in [0.5, 0.6) is 0 Å². The molecule has 0 aromatic heterocycles. The van der Waals surface area contributed by atoms with Crippen LogP contribution in [0.25, 0.3) is 0 Å². The van der Waals surface area contributed by atoms with Crippen LogP contribution < -0.4 is 5.32 Å². The molecule has 1 aromatic rings. The van der Waals surface area contributed by atoms with E-state index in [4.69, 9.17) is 15.3 Å². The predicted molar refractivity (Wildman–Crippen MR) is 63.3 cm³/mol. The number of hydrogen-bond acceptors (Lipinski definition) is 4. The number of hydrogen-bond donors (Lipinski definition) is 1. The second-order valence-corrected chi connectivity index (χ2v) is 4.01. The zero-order chi connectivity index (χ0) is 12.1. The summed E-state index contributed by atoms with van der Waals surface area (Å²) < 4.78 is 5.28. The highest BCUT2D eigenvalue weighted by molar-refractivity contribution is 5.56. The fraction of sp³-hybridized carbons (Fsp3) is 0.385. The van der Waals surface area contributed by atoms with E-state index in [0.29, 0.717) is 17.2 Å². The smallest absolute Gasteiger partial charge is 0.101 e. The van der Waals surface area contributed by atoms with E-state index in [-0.39, 0.29) is 0 Å². The van der Waals surface area contributed by atoms with Crippen molar-refractivity contribution in [2.24, 2.45) is 0 Å². The van der Waals surface area contributed by atoms with Crippen molar-refractivity contribution in [3.8, 4) is 12.1 Å². The molecular weight excluding hydrogens is 214 g/mol. The molecule has 0 amide bonds. The molecule has 0 radical (unpaired) electrons. The lowest BCUT2D eigenvalue weighted by molar-refractivity contribution is 0.0904. The van der Waals surface area contributed by atoms with Crippen LogP contribution in [0, 0.1) is 22.7 Å². The molecular formula is C13H13N3O. The van der Waals surface area contributed by atoms with Crippen molar-refractivity contribution < 1.29 is 4.74 Å². The van der Waals surface area contributed by atoms with E-state index < -0.39 is 0 Å². The second-order valence-electron chi connectivity index (χ2n) is 4.01. The zero-order valence-electron chi connectivity index (χ0n) is 9.44. The van der Waals surface area contributed by atoms with Crippen LogP contribution in [0.1, 0.15) is 24.0 Å². The van der Waals surface area contributed by atoms with Gasteiger partial charge in [0, 0.05) is 24.9 Å². The van der Waals surface area contributed by atoms with Crippen LogP contribution in [0.4, 0.5) is 5.69 Å². The van der Waals surface area contributed by atoms with Gasteiger partial charge in [-0.2, -0.15) is 10.5 Å². The molecule has 4 heteroatoms. The zero-order valence-corrected chi connectivity index (χ0v) is 9.44. The Morgan fingerprint density at radius 1 is 1.12 bits per heavy atom. The molecule has 0 bridgehead atoms. The lowest BCUT2D eigenvalue weighted by atomic mass is 10.1. The summed E-state index contributed by atoms with van der Waals surface area (Å²) in [6, 6.07) is 9.69. The van der Waals surface area contributed by atoms with Crippen molar-refractivity contribution in [1.82, 2.24) is 0 Å². The van der Waals surface area contributed by atoms with Gasteiger partial charge in [-0.3, -0.25) is 0 Å². The Bertz CT molecular complexity index is 478. The van der Waals surface area contributed by atoms with Crippen molar-refractivity contribution in [2.45, 2.75) is 18.9 Å². The number of nitrogens with one attached hydrogen (secondary N) is 1. The van der Waals surface area contributed by atoms with Gasteiger partial charge < -0.3 is 10.1 Å². The van der Waals surface area contributed by atoms with Crippen LogP contribution >= 0.6 is 0 Å². The number of nitrogens with zero attached hydrogens (tertiary/aromatic N) is 2. The number of anilines is 1. The normalized spacial score (nSPS) is 15.9. The number of ether oxygens (including phenoxy) is 1. The topological polar surface area (TPSA) is 68.8 Å². The van der Waals surface area contributed by atoms with E-state index in [1.54, 1.807) is 12.1 Å². The first-order valence-electron chi connectivity index (χ1n) is 5.62. The molecule has 2 rings (SSSR count). The maximum Gasteiger partial charge on any atom is 0.101 e. The average Bonchev–Trinajstić information content (AvgIpc) is 2.40. The molecule has 0 atom stereocenters. The molecule has 0 spiro atoms. The van der Waals surface area contributed by atoms with Gasteiger partial charge in [0.1, 0.15) is 12.1 Å². The quantitative estimate of drug-likeness (QED) is 0.839. The first-order valence-corrected chi connectivity index (χ1v) is 5.62. The second kappa shape index (κ2) is 5.34. The molecule has 1 saturated heterocycles. The molecule has 0 saturated carbocycles. The molecule has 1 fully saturated rings. The van der Waals surface area contributed by atoms with Gasteiger partial charge in [0.2, 0.25) is 0 Å². The molecule has 1 aliphatic rings. The maximum absolute atomic E-state index is 8.93. The SMILES string of the molecule is N#Cc1ccc(NC2CCOCC2)cc1C#N. The fourth-order valence-electron chi connectivity index (χ4n) is 1.90. The van der Waals surface area contributed by atoms with Gasteiger partial charge in [0.25, 0.3) is 0 Å². The van der Waals surface area contributed by atoms with Crippen molar-refractivity contribution in [1.29, 1.82) is 10.5 Å². The lowest BCUT2D eigenvalue weighted by Crippen LogP contribution is -2.27. The van der Waals surface area contributed by atoms with Crippen LogP contribution in [0.3, 0.4) is 0 Å². The van der Waals surface area contributed by atoms with E-state index in [1.165, 1.54) is 0 Å².